The Morgan fingerprint density at radius 1 is 1.13 bits per heavy atom. The molecule has 0 spiro atoms. The molecular formula is C15H19N7S. The van der Waals surface area contributed by atoms with Crippen molar-refractivity contribution in [2.75, 3.05) is 31.1 Å². The molecule has 23 heavy (non-hydrogen) atoms. The summed E-state index contributed by atoms with van der Waals surface area (Å²) in [5.41, 5.74) is 3.90. The molecule has 3 aromatic heterocycles. The fourth-order valence-corrected chi connectivity index (χ4v) is 3.76. The van der Waals surface area contributed by atoms with Gasteiger partial charge < -0.3 is 4.90 Å². The van der Waals surface area contributed by atoms with E-state index in [1.54, 1.807) is 17.5 Å². The van der Waals surface area contributed by atoms with Crippen molar-refractivity contribution in [1.82, 2.24) is 29.5 Å². The molecular weight excluding hydrogens is 310 g/mol. The molecule has 1 aliphatic heterocycles. The average Bonchev–Trinajstić information content (AvgIpc) is 3.13. The van der Waals surface area contributed by atoms with E-state index < -0.39 is 0 Å². The first-order chi connectivity index (χ1) is 11.2. The molecule has 0 amide bonds. The third-order valence-electron chi connectivity index (χ3n) is 4.24. The molecule has 0 aliphatic carbocycles. The molecule has 4 heterocycles. The van der Waals surface area contributed by atoms with Crippen molar-refractivity contribution >= 4 is 22.8 Å². The van der Waals surface area contributed by atoms with Crippen LogP contribution < -0.4 is 4.90 Å². The highest BCUT2D eigenvalue weighted by Gasteiger charge is 2.21. The highest BCUT2D eigenvalue weighted by atomic mass is 32.1. The summed E-state index contributed by atoms with van der Waals surface area (Å²) in [4.78, 5) is 19.2. The number of hydrogen-bond donors (Lipinski definition) is 0. The molecule has 0 atom stereocenters. The summed E-state index contributed by atoms with van der Waals surface area (Å²) in [7, 11) is 0. The molecule has 8 heteroatoms. The summed E-state index contributed by atoms with van der Waals surface area (Å²) in [5, 5.41) is 4.48. The van der Waals surface area contributed by atoms with E-state index in [-0.39, 0.29) is 0 Å². The largest absolute Gasteiger partial charge is 0.353 e. The summed E-state index contributed by atoms with van der Waals surface area (Å²) in [6, 6.07) is 0. The molecule has 1 fully saturated rings. The van der Waals surface area contributed by atoms with E-state index in [2.05, 4.69) is 36.8 Å². The number of anilines is 1. The second-order valence-electron chi connectivity index (χ2n) is 5.82. The minimum Gasteiger partial charge on any atom is -0.353 e. The number of hydrogen-bond acceptors (Lipinski definition) is 7. The smallest absolute Gasteiger partial charge is 0.176 e. The Balaban J connectivity index is 1.47. The average molecular weight is 329 g/mol. The third kappa shape index (κ3) is 2.79. The van der Waals surface area contributed by atoms with Crippen LogP contribution in [-0.2, 0) is 6.54 Å². The van der Waals surface area contributed by atoms with Crippen molar-refractivity contribution in [3.8, 4) is 0 Å². The second kappa shape index (κ2) is 5.86. The number of rotatable bonds is 3. The Hall–Kier alpha value is -2.06. The van der Waals surface area contributed by atoms with Crippen LogP contribution in [0.1, 0.15) is 16.4 Å². The van der Waals surface area contributed by atoms with Crippen molar-refractivity contribution < 1.29 is 0 Å². The zero-order valence-electron chi connectivity index (χ0n) is 13.3. The molecule has 0 N–H and O–H groups in total. The van der Waals surface area contributed by atoms with Crippen LogP contribution in [0, 0.1) is 13.8 Å². The van der Waals surface area contributed by atoms with Crippen LogP contribution in [0.15, 0.2) is 17.9 Å². The van der Waals surface area contributed by atoms with E-state index in [0.717, 1.165) is 55.7 Å². The lowest BCUT2D eigenvalue weighted by molar-refractivity contribution is 0.250. The van der Waals surface area contributed by atoms with Gasteiger partial charge in [0.25, 0.3) is 0 Å². The van der Waals surface area contributed by atoms with Gasteiger partial charge >= 0.3 is 0 Å². The van der Waals surface area contributed by atoms with Gasteiger partial charge in [-0.3, -0.25) is 9.88 Å². The number of piperazine rings is 1. The Kier molecular flexibility index (Phi) is 3.70. The maximum Gasteiger partial charge on any atom is 0.176 e. The van der Waals surface area contributed by atoms with Gasteiger partial charge in [-0.2, -0.15) is 4.52 Å². The molecule has 0 bridgehead atoms. The summed E-state index contributed by atoms with van der Waals surface area (Å²) in [6.07, 6.45) is 3.64. The molecule has 1 aliphatic rings. The molecule has 120 valence electrons. The van der Waals surface area contributed by atoms with Gasteiger partial charge in [-0.25, -0.2) is 9.97 Å². The van der Waals surface area contributed by atoms with E-state index in [1.165, 1.54) is 4.88 Å². The molecule has 4 rings (SSSR count). The minimum atomic E-state index is 0.776. The quantitative estimate of drug-likeness (QED) is 0.726. The monoisotopic (exact) mass is 329 g/mol. The zero-order valence-corrected chi connectivity index (χ0v) is 14.1. The van der Waals surface area contributed by atoms with Crippen LogP contribution in [0.3, 0.4) is 0 Å². The molecule has 1 saturated heterocycles. The summed E-state index contributed by atoms with van der Waals surface area (Å²) < 4.78 is 1.89. The van der Waals surface area contributed by atoms with Gasteiger partial charge in [-0.15, -0.1) is 16.4 Å². The van der Waals surface area contributed by atoms with E-state index in [0.29, 0.717) is 0 Å². The van der Waals surface area contributed by atoms with E-state index in [1.807, 2.05) is 23.1 Å². The predicted octanol–water partition coefficient (Wildman–Crippen LogP) is 1.52. The standard InChI is InChI=1S/C15H19N7S/c1-11-13(23-10-17-11)9-20-3-5-21(6-4-20)15-8-16-7-14-18-12(2)19-22(14)15/h7-8,10H,3-6,9H2,1-2H3. The van der Waals surface area contributed by atoms with E-state index in [9.17, 15) is 0 Å². The van der Waals surface area contributed by atoms with Gasteiger partial charge in [0, 0.05) is 37.6 Å². The van der Waals surface area contributed by atoms with Crippen LogP contribution >= 0.6 is 11.3 Å². The maximum absolute atomic E-state index is 4.48. The van der Waals surface area contributed by atoms with Gasteiger partial charge in [-0.05, 0) is 13.8 Å². The van der Waals surface area contributed by atoms with Crippen LogP contribution in [0.2, 0.25) is 0 Å². The van der Waals surface area contributed by atoms with E-state index in [4.69, 9.17) is 0 Å². The molecule has 0 aromatic carbocycles. The number of thiazole rings is 1. The fourth-order valence-electron chi connectivity index (χ4n) is 2.94. The van der Waals surface area contributed by atoms with Crippen molar-refractivity contribution in [2.24, 2.45) is 0 Å². The Morgan fingerprint density at radius 3 is 2.70 bits per heavy atom. The molecule has 0 unspecified atom stereocenters. The van der Waals surface area contributed by atoms with Gasteiger partial charge in [0.05, 0.1) is 23.6 Å². The first kappa shape index (κ1) is 14.5. The van der Waals surface area contributed by atoms with Crippen LogP contribution in [0.4, 0.5) is 5.82 Å². The predicted molar refractivity (Wildman–Crippen MR) is 89.9 cm³/mol. The lowest BCUT2D eigenvalue weighted by atomic mass is 10.3. The van der Waals surface area contributed by atoms with Crippen molar-refractivity contribution in [2.45, 2.75) is 20.4 Å². The molecule has 0 radical (unpaired) electrons. The van der Waals surface area contributed by atoms with Crippen LogP contribution in [0.25, 0.3) is 5.65 Å². The lowest BCUT2D eigenvalue weighted by Crippen LogP contribution is -2.46. The zero-order chi connectivity index (χ0) is 15.8. The van der Waals surface area contributed by atoms with Gasteiger partial charge in [0.2, 0.25) is 0 Å². The van der Waals surface area contributed by atoms with Crippen LogP contribution in [-0.4, -0.2) is 55.6 Å². The maximum atomic E-state index is 4.48. The van der Waals surface area contributed by atoms with Gasteiger partial charge in [0.1, 0.15) is 5.82 Å². The highest BCUT2D eigenvalue weighted by molar-refractivity contribution is 7.09. The van der Waals surface area contributed by atoms with Crippen molar-refractivity contribution in [3.05, 3.63) is 34.3 Å². The molecule has 0 saturated carbocycles. The summed E-state index contributed by atoms with van der Waals surface area (Å²) >= 11 is 1.75. The summed E-state index contributed by atoms with van der Waals surface area (Å²) in [5.74, 6) is 1.80. The second-order valence-corrected chi connectivity index (χ2v) is 6.76. The Morgan fingerprint density at radius 2 is 1.96 bits per heavy atom. The normalized spacial score (nSPS) is 16.3. The third-order valence-corrected chi connectivity index (χ3v) is 5.16. The van der Waals surface area contributed by atoms with Crippen molar-refractivity contribution in [1.29, 1.82) is 0 Å². The lowest BCUT2D eigenvalue weighted by Gasteiger charge is -2.35. The Labute approximate surface area is 138 Å². The number of aryl methyl sites for hydroxylation is 2. The van der Waals surface area contributed by atoms with Crippen LogP contribution in [0.5, 0.6) is 0 Å². The topological polar surface area (TPSA) is 62.5 Å². The number of aromatic nitrogens is 5. The fraction of sp³-hybridized carbons (Fsp3) is 0.467. The number of nitrogens with zero attached hydrogens (tertiary/aromatic N) is 7. The Bertz CT molecular complexity index is 816. The van der Waals surface area contributed by atoms with Gasteiger partial charge in [0.15, 0.2) is 11.5 Å². The van der Waals surface area contributed by atoms with Gasteiger partial charge in [-0.1, -0.05) is 0 Å². The summed E-state index contributed by atoms with van der Waals surface area (Å²) in [6.45, 7) is 8.99. The first-order valence-corrected chi connectivity index (χ1v) is 8.62. The minimum absolute atomic E-state index is 0.776. The highest BCUT2D eigenvalue weighted by Crippen LogP contribution is 2.19. The number of fused-ring (bicyclic) bond motifs is 1. The SMILES string of the molecule is Cc1nc2cncc(N3CCN(Cc4scnc4C)CC3)n2n1. The molecule has 7 nitrogen and oxygen atoms in total. The first-order valence-electron chi connectivity index (χ1n) is 7.74. The van der Waals surface area contributed by atoms with E-state index >= 15 is 0 Å². The van der Waals surface area contributed by atoms with Crippen molar-refractivity contribution in [3.63, 3.8) is 0 Å². The molecule has 3 aromatic rings.